The molecular weight excluding hydrogens is 270 g/mol. The molecule has 2 fully saturated rings. The van der Waals surface area contributed by atoms with Crippen molar-refractivity contribution in [2.45, 2.75) is 44.0 Å². The molecule has 21 heavy (non-hydrogen) atoms. The molecule has 0 bridgehead atoms. The van der Waals surface area contributed by atoms with E-state index in [1.165, 1.54) is 6.42 Å². The molecule has 5 heteroatoms. The van der Waals surface area contributed by atoms with Gasteiger partial charge in [-0.2, -0.15) is 0 Å². The van der Waals surface area contributed by atoms with Crippen LogP contribution < -0.4 is 5.32 Å². The molecule has 1 atom stereocenters. The molecule has 1 saturated heterocycles. The van der Waals surface area contributed by atoms with E-state index in [2.05, 4.69) is 5.32 Å². The van der Waals surface area contributed by atoms with Gasteiger partial charge in [0.15, 0.2) is 5.79 Å². The summed E-state index contributed by atoms with van der Waals surface area (Å²) in [6, 6.07) is 9.23. The number of carbonyl (C=O) groups excluding carboxylic acids is 1. The normalized spacial score (nSPS) is 23.9. The molecule has 0 aromatic heterocycles. The molecule has 3 rings (SSSR count). The summed E-state index contributed by atoms with van der Waals surface area (Å²) in [6.45, 7) is 0.721. The minimum atomic E-state index is -0.464. The highest BCUT2D eigenvalue weighted by molar-refractivity contribution is 5.84. The van der Waals surface area contributed by atoms with Crippen molar-refractivity contribution in [3.05, 3.63) is 30.3 Å². The zero-order valence-electron chi connectivity index (χ0n) is 12.0. The fourth-order valence-corrected chi connectivity index (χ4v) is 2.90. The number of hydrogen-bond acceptors (Lipinski definition) is 4. The maximum atomic E-state index is 11.7. The van der Waals surface area contributed by atoms with Gasteiger partial charge in [-0.15, -0.1) is 0 Å². The Morgan fingerprint density at radius 1 is 1.24 bits per heavy atom. The van der Waals surface area contributed by atoms with E-state index in [9.17, 15) is 4.79 Å². The Balaban J connectivity index is 1.42. The number of rotatable bonds is 3. The van der Waals surface area contributed by atoms with Crippen molar-refractivity contribution in [3.63, 3.8) is 0 Å². The molecule has 1 unspecified atom stereocenters. The molecule has 1 aliphatic carbocycles. The molecule has 1 amide bonds. The zero-order chi connectivity index (χ0) is 14.5. The van der Waals surface area contributed by atoms with E-state index in [1.807, 2.05) is 30.3 Å². The molecule has 1 aromatic rings. The second-order valence-corrected chi connectivity index (χ2v) is 5.61. The first-order chi connectivity index (χ1) is 10.3. The lowest BCUT2D eigenvalue weighted by molar-refractivity contribution is -0.189. The second kappa shape index (κ2) is 6.45. The maximum absolute atomic E-state index is 11.7. The maximum Gasteiger partial charge on any atom is 0.411 e. The van der Waals surface area contributed by atoms with Gasteiger partial charge in [0, 0.05) is 18.5 Å². The molecule has 1 aliphatic heterocycles. The van der Waals surface area contributed by atoms with Crippen LogP contribution in [-0.2, 0) is 14.2 Å². The Bertz CT molecular complexity index is 470. The summed E-state index contributed by atoms with van der Waals surface area (Å²) in [4.78, 5) is 11.7. The number of para-hydroxylation sites is 1. The van der Waals surface area contributed by atoms with Gasteiger partial charge in [0.05, 0.1) is 6.61 Å². The summed E-state index contributed by atoms with van der Waals surface area (Å²) in [7, 11) is 0. The van der Waals surface area contributed by atoms with Crippen molar-refractivity contribution >= 4 is 11.8 Å². The molecular formula is C16H21NO4. The van der Waals surface area contributed by atoms with Crippen molar-refractivity contribution in [1.82, 2.24) is 0 Å². The molecule has 114 valence electrons. The average Bonchev–Trinajstić information content (AvgIpc) is 2.90. The Morgan fingerprint density at radius 3 is 2.76 bits per heavy atom. The lowest BCUT2D eigenvalue weighted by Gasteiger charge is -2.31. The predicted molar refractivity (Wildman–Crippen MR) is 78.1 cm³/mol. The van der Waals surface area contributed by atoms with E-state index in [-0.39, 0.29) is 12.7 Å². The largest absolute Gasteiger partial charge is 0.446 e. The van der Waals surface area contributed by atoms with E-state index in [0.29, 0.717) is 6.61 Å². The zero-order valence-corrected chi connectivity index (χ0v) is 12.0. The summed E-state index contributed by atoms with van der Waals surface area (Å²) in [5.74, 6) is -0.415. The molecule has 0 radical (unpaired) electrons. The number of anilines is 1. The molecule has 1 N–H and O–H groups in total. The van der Waals surface area contributed by atoms with Gasteiger partial charge in [0.1, 0.15) is 12.7 Å². The van der Waals surface area contributed by atoms with Gasteiger partial charge in [-0.25, -0.2) is 4.79 Å². The SMILES string of the molecule is O=C(Nc1ccccc1)OCC1COC2(CCCCC2)O1. The predicted octanol–water partition coefficient (Wildman–Crippen LogP) is 3.31. The number of benzene rings is 1. The van der Waals surface area contributed by atoms with Gasteiger partial charge < -0.3 is 14.2 Å². The number of nitrogens with one attached hydrogen (secondary N) is 1. The highest BCUT2D eigenvalue weighted by Gasteiger charge is 2.42. The minimum absolute atomic E-state index is 0.162. The van der Waals surface area contributed by atoms with Crippen LogP contribution in [0.3, 0.4) is 0 Å². The first kappa shape index (κ1) is 14.4. The first-order valence-electron chi connectivity index (χ1n) is 7.56. The van der Waals surface area contributed by atoms with Gasteiger partial charge in [-0.05, 0) is 25.0 Å². The van der Waals surface area contributed by atoms with E-state index < -0.39 is 11.9 Å². The van der Waals surface area contributed by atoms with Crippen LogP contribution in [0.15, 0.2) is 30.3 Å². The molecule has 1 saturated carbocycles. The van der Waals surface area contributed by atoms with Crippen LogP contribution in [-0.4, -0.2) is 31.2 Å². The van der Waals surface area contributed by atoms with E-state index in [4.69, 9.17) is 14.2 Å². The van der Waals surface area contributed by atoms with Crippen LogP contribution >= 0.6 is 0 Å². The number of carbonyl (C=O) groups is 1. The number of amides is 1. The number of hydrogen-bond donors (Lipinski definition) is 1. The van der Waals surface area contributed by atoms with E-state index >= 15 is 0 Å². The third-order valence-electron chi connectivity index (χ3n) is 3.95. The Kier molecular flexibility index (Phi) is 4.41. The van der Waals surface area contributed by atoms with Gasteiger partial charge in [0.2, 0.25) is 0 Å². The van der Waals surface area contributed by atoms with Crippen molar-refractivity contribution in [2.75, 3.05) is 18.5 Å². The van der Waals surface area contributed by atoms with Crippen LogP contribution in [0.25, 0.3) is 0 Å². The number of ether oxygens (including phenoxy) is 3. The van der Waals surface area contributed by atoms with E-state index in [0.717, 1.165) is 31.4 Å². The summed E-state index contributed by atoms with van der Waals surface area (Å²) in [5.41, 5.74) is 0.717. The average molecular weight is 291 g/mol. The van der Waals surface area contributed by atoms with E-state index in [1.54, 1.807) is 0 Å². The van der Waals surface area contributed by atoms with Crippen LogP contribution in [0.4, 0.5) is 10.5 Å². The Hall–Kier alpha value is -1.59. The fraction of sp³-hybridized carbons (Fsp3) is 0.562. The fourth-order valence-electron chi connectivity index (χ4n) is 2.90. The molecule has 5 nitrogen and oxygen atoms in total. The second-order valence-electron chi connectivity index (χ2n) is 5.61. The lowest BCUT2D eigenvalue weighted by atomic mass is 9.94. The summed E-state index contributed by atoms with van der Waals surface area (Å²) in [5, 5.41) is 2.68. The standard InChI is InChI=1S/C16H21NO4/c18-15(17-13-7-3-1-4-8-13)19-11-14-12-20-16(21-14)9-5-2-6-10-16/h1,3-4,7-8,14H,2,5-6,9-12H2,(H,17,18). The Labute approximate surface area is 124 Å². The van der Waals surface area contributed by atoms with Crippen LogP contribution in [0.1, 0.15) is 32.1 Å². The van der Waals surface area contributed by atoms with Gasteiger partial charge in [-0.3, -0.25) is 5.32 Å². The summed E-state index contributed by atoms with van der Waals surface area (Å²) < 4.78 is 17.0. The third kappa shape index (κ3) is 3.74. The van der Waals surface area contributed by atoms with Crippen LogP contribution in [0.2, 0.25) is 0 Å². The van der Waals surface area contributed by atoms with Crippen molar-refractivity contribution in [3.8, 4) is 0 Å². The Morgan fingerprint density at radius 2 is 2.00 bits per heavy atom. The first-order valence-corrected chi connectivity index (χ1v) is 7.56. The molecule has 2 aliphatic rings. The van der Waals surface area contributed by atoms with Gasteiger partial charge >= 0.3 is 6.09 Å². The molecule has 1 aromatic carbocycles. The highest BCUT2D eigenvalue weighted by Crippen LogP contribution is 2.37. The van der Waals surface area contributed by atoms with Crippen LogP contribution in [0.5, 0.6) is 0 Å². The summed E-state index contributed by atoms with van der Waals surface area (Å²) >= 11 is 0. The quantitative estimate of drug-likeness (QED) is 0.928. The van der Waals surface area contributed by atoms with Crippen molar-refractivity contribution < 1.29 is 19.0 Å². The van der Waals surface area contributed by atoms with Crippen LogP contribution in [0, 0.1) is 0 Å². The smallest absolute Gasteiger partial charge is 0.411 e. The highest BCUT2D eigenvalue weighted by atomic mass is 16.8. The minimum Gasteiger partial charge on any atom is -0.446 e. The van der Waals surface area contributed by atoms with Crippen molar-refractivity contribution in [1.29, 1.82) is 0 Å². The summed E-state index contributed by atoms with van der Waals surface area (Å²) in [6.07, 6.45) is 4.79. The lowest BCUT2D eigenvalue weighted by Crippen LogP contribution is -2.34. The van der Waals surface area contributed by atoms with Gasteiger partial charge in [0.25, 0.3) is 0 Å². The van der Waals surface area contributed by atoms with Gasteiger partial charge in [-0.1, -0.05) is 24.6 Å². The molecule has 1 heterocycles. The molecule has 1 spiro atoms. The third-order valence-corrected chi connectivity index (χ3v) is 3.95. The topological polar surface area (TPSA) is 56.8 Å². The monoisotopic (exact) mass is 291 g/mol. The van der Waals surface area contributed by atoms with Crippen molar-refractivity contribution in [2.24, 2.45) is 0 Å².